The zero-order valence-electron chi connectivity index (χ0n) is 34.5. The molecule has 62 heavy (non-hydrogen) atoms. The number of nitrogens with two attached hydrogens (primary N) is 1. The number of aromatic nitrogens is 2. The van der Waals surface area contributed by atoms with Gasteiger partial charge in [-0.15, -0.1) is 0 Å². The number of fused-ring (bicyclic) bond motifs is 5. The molecule has 0 saturated carbocycles. The van der Waals surface area contributed by atoms with Gasteiger partial charge >= 0.3 is 5.97 Å². The molecule has 1 aliphatic carbocycles. The van der Waals surface area contributed by atoms with Crippen molar-refractivity contribution in [3.8, 4) is 11.4 Å². The van der Waals surface area contributed by atoms with Crippen LogP contribution < -0.4 is 37.9 Å². The molecule has 3 atom stereocenters. The van der Waals surface area contributed by atoms with Gasteiger partial charge in [-0.05, 0) is 73.8 Å². The third-order valence-corrected chi connectivity index (χ3v) is 11.9. The highest BCUT2D eigenvalue weighted by molar-refractivity contribution is 5.94. The minimum atomic E-state index is -2.02. The summed E-state index contributed by atoms with van der Waals surface area (Å²) >= 11 is 0. The predicted molar refractivity (Wildman–Crippen MR) is 222 cm³/mol. The summed E-state index contributed by atoms with van der Waals surface area (Å²) in [5.41, 5.74) is 7.87. The number of carbonyl (C=O) groups is 6. The maximum atomic E-state index is 15.3. The molecule has 3 aliphatic rings. The van der Waals surface area contributed by atoms with Gasteiger partial charge in [-0.25, -0.2) is 14.2 Å². The maximum absolute atomic E-state index is 15.3. The number of nitrogens with zero attached hydrogens (tertiary/aromatic N) is 2. The molecule has 0 bridgehead atoms. The quantitative estimate of drug-likeness (QED) is 0.0541. The number of amides is 5. The van der Waals surface area contributed by atoms with E-state index in [1.807, 2.05) is 30.3 Å². The monoisotopic (exact) mass is 852 g/mol. The molecule has 0 radical (unpaired) electrons. The first-order valence-corrected chi connectivity index (χ1v) is 20.7. The molecule has 0 spiro atoms. The lowest BCUT2D eigenvalue weighted by Gasteiger charge is -2.31. The summed E-state index contributed by atoms with van der Waals surface area (Å²) in [6.45, 7) is 2.21. The van der Waals surface area contributed by atoms with Crippen LogP contribution >= 0.6 is 0 Å². The molecule has 4 aromatic rings. The Morgan fingerprint density at radius 1 is 1.00 bits per heavy atom. The van der Waals surface area contributed by atoms with Crippen molar-refractivity contribution in [1.29, 1.82) is 0 Å². The van der Waals surface area contributed by atoms with Crippen LogP contribution in [-0.2, 0) is 65.1 Å². The molecule has 8 N–H and O–H groups in total. The molecule has 0 saturated heterocycles. The van der Waals surface area contributed by atoms with Crippen LogP contribution in [-0.4, -0.2) is 82.4 Å². The molecular weight excluding hydrogens is 804 g/mol. The first kappa shape index (κ1) is 43.6. The lowest BCUT2D eigenvalue weighted by molar-refractivity contribution is -0.172. The van der Waals surface area contributed by atoms with E-state index in [-0.39, 0.29) is 82.0 Å². The minimum absolute atomic E-state index is 0.0234. The second kappa shape index (κ2) is 18.2. The summed E-state index contributed by atoms with van der Waals surface area (Å²) in [6.07, 6.45) is 1.88. The lowest BCUT2D eigenvalue weighted by atomic mass is 9.81. The number of aliphatic hydroxyl groups is 1. The highest BCUT2D eigenvalue weighted by Gasteiger charge is 2.46. The van der Waals surface area contributed by atoms with Crippen LogP contribution in [0.3, 0.4) is 0 Å². The molecule has 18 heteroatoms. The molecule has 1 unspecified atom stereocenters. The fourth-order valence-corrected chi connectivity index (χ4v) is 8.52. The Bertz CT molecular complexity index is 2550. The molecule has 17 nitrogen and oxygen atoms in total. The van der Waals surface area contributed by atoms with Crippen molar-refractivity contribution in [3.63, 3.8) is 0 Å². The Kier molecular flexibility index (Phi) is 12.8. The van der Waals surface area contributed by atoms with Gasteiger partial charge in [-0.2, -0.15) is 0 Å². The van der Waals surface area contributed by atoms with Crippen molar-refractivity contribution >= 4 is 46.4 Å². The van der Waals surface area contributed by atoms with Crippen LogP contribution in [0.15, 0.2) is 47.3 Å². The molecular formula is C44H49FN8O9. The van der Waals surface area contributed by atoms with E-state index in [2.05, 4.69) is 26.6 Å². The number of nitrogens with one attached hydrogen (secondary N) is 5. The van der Waals surface area contributed by atoms with E-state index in [4.69, 9.17) is 15.5 Å². The number of ether oxygens (including phenoxy) is 1. The smallest absolute Gasteiger partial charge is 0.343 e. The average Bonchev–Trinajstić information content (AvgIpc) is 3.64. The number of carbonyl (C=O) groups excluding carboxylic acids is 6. The summed E-state index contributed by atoms with van der Waals surface area (Å²) in [4.78, 5) is 94.8. The summed E-state index contributed by atoms with van der Waals surface area (Å²) in [6, 6.07) is 10.8. The van der Waals surface area contributed by atoms with Gasteiger partial charge in [0.1, 0.15) is 18.5 Å². The van der Waals surface area contributed by atoms with E-state index in [0.717, 1.165) is 16.7 Å². The van der Waals surface area contributed by atoms with E-state index in [1.165, 1.54) is 10.6 Å². The Hall–Kier alpha value is -6.53. The Balaban J connectivity index is 0.990. The average molecular weight is 853 g/mol. The largest absolute Gasteiger partial charge is 0.458 e. The van der Waals surface area contributed by atoms with Crippen molar-refractivity contribution in [2.24, 2.45) is 5.73 Å². The number of aryl methyl sites for hydroxylation is 2. The highest BCUT2D eigenvalue weighted by Crippen LogP contribution is 2.46. The topological polar surface area (TPSA) is 253 Å². The minimum Gasteiger partial charge on any atom is -0.458 e. The molecule has 326 valence electrons. The van der Waals surface area contributed by atoms with Crippen LogP contribution in [0.1, 0.15) is 84.0 Å². The summed E-state index contributed by atoms with van der Waals surface area (Å²) in [5, 5.41) is 25.4. The van der Waals surface area contributed by atoms with Gasteiger partial charge in [-0.1, -0.05) is 37.3 Å². The van der Waals surface area contributed by atoms with Gasteiger partial charge in [0.2, 0.25) is 29.5 Å². The van der Waals surface area contributed by atoms with Crippen LogP contribution in [0, 0.1) is 12.7 Å². The maximum Gasteiger partial charge on any atom is 0.343 e. The van der Waals surface area contributed by atoms with Crippen molar-refractivity contribution in [3.05, 3.63) is 97.6 Å². The second-order valence-electron chi connectivity index (χ2n) is 15.8. The van der Waals surface area contributed by atoms with E-state index in [0.29, 0.717) is 52.7 Å². The van der Waals surface area contributed by atoms with E-state index in [1.54, 1.807) is 19.9 Å². The van der Waals surface area contributed by atoms with Gasteiger partial charge in [0.15, 0.2) is 5.60 Å². The van der Waals surface area contributed by atoms with Gasteiger partial charge in [0, 0.05) is 35.5 Å². The molecule has 2 aliphatic heterocycles. The van der Waals surface area contributed by atoms with Crippen molar-refractivity contribution in [2.45, 2.75) is 89.6 Å². The van der Waals surface area contributed by atoms with Gasteiger partial charge < -0.3 is 46.7 Å². The molecule has 2 aromatic carbocycles. The molecule has 7 rings (SSSR count). The lowest BCUT2D eigenvalue weighted by Crippen LogP contribution is -2.51. The number of cyclic esters (lactones) is 1. The summed E-state index contributed by atoms with van der Waals surface area (Å²) < 4.78 is 22.0. The number of halogens is 1. The fraction of sp³-hybridized carbons (Fsp3) is 0.409. The van der Waals surface area contributed by atoms with E-state index >= 15 is 4.39 Å². The van der Waals surface area contributed by atoms with E-state index < -0.39 is 58.7 Å². The van der Waals surface area contributed by atoms with Crippen molar-refractivity contribution < 1.29 is 43.0 Å². The predicted octanol–water partition coefficient (Wildman–Crippen LogP) is 0.836. The normalized spacial score (nSPS) is 17.5. The second-order valence-corrected chi connectivity index (χ2v) is 15.8. The number of hydrogen-bond acceptors (Lipinski definition) is 11. The number of benzene rings is 2. The number of pyridine rings is 2. The van der Waals surface area contributed by atoms with Crippen LogP contribution in [0.25, 0.3) is 22.3 Å². The van der Waals surface area contributed by atoms with Crippen molar-refractivity contribution in [1.82, 2.24) is 36.1 Å². The third kappa shape index (κ3) is 8.65. The Morgan fingerprint density at radius 3 is 2.50 bits per heavy atom. The van der Waals surface area contributed by atoms with Crippen LogP contribution in [0.4, 0.5) is 4.39 Å². The molecule has 5 amide bonds. The number of esters is 1. The van der Waals surface area contributed by atoms with E-state index in [9.17, 15) is 38.7 Å². The van der Waals surface area contributed by atoms with Crippen molar-refractivity contribution in [2.75, 3.05) is 26.2 Å². The fourth-order valence-electron chi connectivity index (χ4n) is 8.52. The van der Waals surface area contributed by atoms with Crippen LogP contribution in [0.2, 0.25) is 0 Å². The third-order valence-electron chi connectivity index (χ3n) is 11.9. The summed E-state index contributed by atoms with van der Waals surface area (Å²) in [5.74, 6) is -3.80. The zero-order chi connectivity index (χ0) is 44.3. The Labute approximate surface area is 355 Å². The van der Waals surface area contributed by atoms with Crippen LogP contribution in [0.5, 0.6) is 0 Å². The molecule has 2 aromatic heterocycles. The molecule has 4 heterocycles. The van der Waals surface area contributed by atoms with Gasteiger partial charge in [-0.3, -0.25) is 28.8 Å². The highest BCUT2D eigenvalue weighted by atomic mass is 19.1. The SMILES string of the molecule is CC[C@@]1(O)C(=O)OCc2c1cc1n(c2=O)Cc2c-1nc1cc(F)c(C)c3c1c2C(NC(=O)CCCNC(=O)CNC(=O)[C@H](CCc1ccccc1)NC(=O)CNC(=O)CN)CC3. The summed E-state index contributed by atoms with van der Waals surface area (Å²) in [7, 11) is 0. The first-order valence-electron chi connectivity index (χ1n) is 20.7. The first-order chi connectivity index (χ1) is 29.7. The zero-order valence-corrected chi connectivity index (χ0v) is 34.5. The Morgan fingerprint density at radius 2 is 1.76 bits per heavy atom. The number of hydrogen-bond donors (Lipinski definition) is 7. The number of rotatable bonds is 16. The van der Waals surface area contributed by atoms with Gasteiger partial charge in [0.25, 0.3) is 5.56 Å². The van der Waals surface area contributed by atoms with Gasteiger partial charge in [0.05, 0.1) is 54.7 Å². The molecule has 0 fully saturated rings. The standard InChI is InChI=1S/C44H49FN8O9/c1-3-44(61)28-16-33-40-26(21-53(33)42(59)27(28)22-62-43(44)60)39-30(14-12-25-23(2)29(45)17-32(52-40)38(25)39)50-34(54)10-7-15-47-36(56)19-49-41(58)31(13-11-24-8-5-4-6-9-24)51-37(57)20-48-35(55)18-46/h4-6,8-9,16-17,30-31,61H,3,7,10-15,18-22,46H2,1-2H3,(H,47,56)(H,48,55)(H,49,58)(H,50,54)(H,51,57)/t30?,31-,44-/m0/s1.